The Balaban J connectivity index is 1.74. The number of carbonyl (C=O) groups excluding carboxylic acids is 2. The summed E-state index contributed by atoms with van der Waals surface area (Å²) >= 11 is 0. The molecule has 0 fully saturated rings. The van der Waals surface area contributed by atoms with Gasteiger partial charge in [0.25, 0.3) is 5.91 Å². The van der Waals surface area contributed by atoms with E-state index in [4.69, 9.17) is 9.15 Å². The molecule has 3 rings (SSSR count). The second-order valence-electron chi connectivity index (χ2n) is 6.03. The third-order valence-electron chi connectivity index (χ3n) is 4.26. The Morgan fingerprint density at radius 3 is 2.84 bits per heavy atom. The van der Waals surface area contributed by atoms with Crippen molar-refractivity contribution in [2.45, 2.75) is 38.7 Å². The van der Waals surface area contributed by atoms with Crippen molar-refractivity contribution in [3.63, 3.8) is 0 Å². The van der Waals surface area contributed by atoms with Crippen molar-refractivity contribution in [2.75, 3.05) is 6.54 Å². The smallest absolute Gasteiger partial charge is 0.339 e. The molecule has 1 aliphatic carbocycles. The maximum Gasteiger partial charge on any atom is 0.339 e. The van der Waals surface area contributed by atoms with Crippen LogP contribution in [0.1, 0.15) is 30.9 Å². The molecular weight excluding hydrogens is 326 g/mol. The molecule has 25 heavy (non-hydrogen) atoms. The highest BCUT2D eigenvalue weighted by molar-refractivity contribution is 5.84. The van der Waals surface area contributed by atoms with Crippen molar-refractivity contribution >= 4 is 22.8 Å². The zero-order valence-electron chi connectivity index (χ0n) is 13.8. The predicted octanol–water partition coefficient (Wildman–Crippen LogP) is 0.305. The highest BCUT2D eigenvalue weighted by Gasteiger charge is 2.20. The van der Waals surface area contributed by atoms with Gasteiger partial charge in [-0.1, -0.05) is 0 Å². The molecule has 2 aromatic rings. The van der Waals surface area contributed by atoms with Gasteiger partial charge in [-0.25, -0.2) is 4.79 Å². The number of nitrogens with one attached hydrogen (secondary N) is 1. The van der Waals surface area contributed by atoms with Crippen LogP contribution in [0.2, 0.25) is 0 Å². The fraction of sp³-hybridized carbons (Fsp3) is 0.389. The van der Waals surface area contributed by atoms with E-state index in [9.17, 15) is 19.5 Å². The van der Waals surface area contributed by atoms with E-state index in [1.165, 1.54) is 0 Å². The Bertz CT molecular complexity index is 885. The lowest BCUT2D eigenvalue weighted by molar-refractivity contribution is -0.305. The molecule has 1 amide bonds. The van der Waals surface area contributed by atoms with E-state index in [1.807, 2.05) is 6.07 Å². The number of carboxylic acids is 1. The van der Waals surface area contributed by atoms with Gasteiger partial charge in [0, 0.05) is 36.0 Å². The monoisotopic (exact) mass is 344 g/mol. The van der Waals surface area contributed by atoms with Crippen LogP contribution in [0.3, 0.4) is 0 Å². The fourth-order valence-electron chi connectivity index (χ4n) is 3.03. The van der Waals surface area contributed by atoms with Crippen molar-refractivity contribution in [3.8, 4) is 5.75 Å². The minimum atomic E-state index is -1.23. The first-order chi connectivity index (χ1) is 12.0. The average molecular weight is 344 g/mol. The lowest BCUT2D eigenvalue weighted by Gasteiger charge is -2.15. The second-order valence-corrected chi connectivity index (χ2v) is 6.03. The third kappa shape index (κ3) is 3.65. The van der Waals surface area contributed by atoms with E-state index in [0.29, 0.717) is 11.3 Å². The van der Waals surface area contributed by atoms with Crippen molar-refractivity contribution in [1.82, 2.24) is 5.32 Å². The molecule has 1 heterocycles. The topological polar surface area (TPSA) is 109 Å². The Morgan fingerprint density at radius 1 is 1.32 bits per heavy atom. The van der Waals surface area contributed by atoms with E-state index in [-0.39, 0.29) is 18.6 Å². The first-order valence-corrected chi connectivity index (χ1v) is 8.18. The molecule has 1 aromatic carbocycles. The summed E-state index contributed by atoms with van der Waals surface area (Å²) in [5.41, 5.74) is 1.91. The molecule has 132 valence electrons. The van der Waals surface area contributed by atoms with E-state index < -0.39 is 18.0 Å². The lowest BCUT2D eigenvalue weighted by atomic mass is 10.1. The lowest BCUT2D eigenvalue weighted by Crippen LogP contribution is -2.38. The molecule has 1 atom stereocenters. The van der Waals surface area contributed by atoms with Crippen LogP contribution < -0.4 is 20.8 Å². The summed E-state index contributed by atoms with van der Waals surface area (Å²) in [6.45, 7) is 1.53. The van der Waals surface area contributed by atoms with Crippen molar-refractivity contribution in [1.29, 1.82) is 0 Å². The Hall–Kier alpha value is -2.83. The summed E-state index contributed by atoms with van der Waals surface area (Å²) in [4.78, 5) is 34.2. The number of amides is 1. The van der Waals surface area contributed by atoms with E-state index in [0.717, 1.165) is 35.8 Å². The number of carboxylic acid groups (broad SMARTS) is 1. The van der Waals surface area contributed by atoms with Crippen LogP contribution in [0.5, 0.6) is 5.75 Å². The summed E-state index contributed by atoms with van der Waals surface area (Å²) in [5, 5.41) is 13.7. The molecule has 7 heteroatoms. The molecular formula is C18H18NO6-. The number of rotatable bonds is 6. The maximum atomic E-state index is 12.0. The van der Waals surface area contributed by atoms with Gasteiger partial charge in [0.1, 0.15) is 11.3 Å². The van der Waals surface area contributed by atoms with Gasteiger partial charge in [0.15, 0.2) is 6.10 Å². The minimum absolute atomic E-state index is 0.0202. The van der Waals surface area contributed by atoms with Crippen LogP contribution in [0.4, 0.5) is 0 Å². The van der Waals surface area contributed by atoms with E-state index >= 15 is 0 Å². The number of aliphatic carboxylic acids is 1. The average Bonchev–Trinajstić information content (AvgIpc) is 3.04. The molecule has 0 unspecified atom stereocenters. The van der Waals surface area contributed by atoms with Gasteiger partial charge < -0.3 is 24.4 Å². The number of hydrogen-bond acceptors (Lipinski definition) is 6. The fourth-order valence-corrected chi connectivity index (χ4v) is 3.03. The summed E-state index contributed by atoms with van der Waals surface area (Å²) < 4.78 is 10.9. The number of benzene rings is 1. The summed E-state index contributed by atoms with van der Waals surface area (Å²) in [6.07, 6.45) is 1.47. The standard InChI is InChI=1S/C18H19NO6/c1-10(17(22)19-8-7-16(20)21)24-11-5-6-13-12-3-2-4-14(12)18(23)25-15(13)9-11/h5-6,9-10H,2-4,7-8H2,1H3,(H,19,22)(H,20,21)/p-1/t10-/m0/s1. The van der Waals surface area contributed by atoms with Gasteiger partial charge >= 0.3 is 5.63 Å². The third-order valence-corrected chi connectivity index (χ3v) is 4.26. The zero-order valence-corrected chi connectivity index (χ0v) is 13.8. The molecule has 1 aliphatic rings. The quantitative estimate of drug-likeness (QED) is 0.755. The molecule has 1 N–H and O–H groups in total. The van der Waals surface area contributed by atoms with Gasteiger partial charge in [-0.2, -0.15) is 0 Å². The Labute approximate surface area is 143 Å². The molecule has 0 saturated carbocycles. The zero-order chi connectivity index (χ0) is 18.0. The number of hydrogen-bond donors (Lipinski definition) is 1. The number of ether oxygens (including phenoxy) is 1. The van der Waals surface area contributed by atoms with Gasteiger partial charge in [0.2, 0.25) is 0 Å². The van der Waals surface area contributed by atoms with Crippen molar-refractivity contribution in [3.05, 3.63) is 39.7 Å². The van der Waals surface area contributed by atoms with Crippen LogP contribution in [-0.4, -0.2) is 24.5 Å². The predicted molar refractivity (Wildman–Crippen MR) is 87.2 cm³/mol. The first kappa shape index (κ1) is 17.0. The van der Waals surface area contributed by atoms with Crippen LogP contribution in [0.15, 0.2) is 27.4 Å². The summed E-state index contributed by atoms with van der Waals surface area (Å²) in [6, 6.07) is 5.16. The number of aryl methyl sites for hydroxylation is 1. The van der Waals surface area contributed by atoms with Crippen molar-refractivity contribution in [2.24, 2.45) is 0 Å². The van der Waals surface area contributed by atoms with Crippen LogP contribution in [-0.2, 0) is 22.4 Å². The normalized spacial score (nSPS) is 14.1. The molecule has 0 aliphatic heterocycles. The molecule has 0 radical (unpaired) electrons. The van der Waals surface area contributed by atoms with Crippen LogP contribution in [0.25, 0.3) is 11.0 Å². The van der Waals surface area contributed by atoms with Gasteiger partial charge in [-0.3, -0.25) is 4.79 Å². The maximum absolute atomic E-state index is 12.0. The van der Waals surface area contributed by atoms with E-state index in [2.05, 4.69) is 5.32 Å². The number of fused-ring (bicyclic) bond motifs is 3. The molecule has 0 bridgehead atoms. The minimum Gasteiger partial charge on any atom is -0.550 e. The SMILES string of the molecule is C[C@H](Oc1ccc2c3c(c(=O)oc2c1)CCC3)C(=O)NCCC(=O)[O-]. The van der Waals surface area contributed by atoms with Crippen LogP contribution >= 0.6 is 0 Å². The summed E-state index contributed by atoms with van der Waals surface area (Å²) in [7, 11) is 0. The first-order valence-electron chi connectivity index (χ1n) is 8.18. The Morgan fingerprint density at radius 2 is 2.08 bits per heavy atom. The van der Waals surface area contributed by atoms with E-state index in [1.54, 1.807) is 19.1 Å². The molecule has 0 spiro atoms. The van der Waals surface area contributed by atoms with Gasteiger partial charge in [-0.05, 0) is 43.9 Å². The Kier molecular flexibility index (Phi) is 4.74. The number of carbonyl (C=O) groups is 2. The van der Waals surface area contributed by atoms with Gasteiger partial charge in [0.05, 0.1) is 0 Å². The van der Waals surface area contributed by atoms with Gasteiger partial charge in [-0.15, -0.1) is 0 Å². The molecule has 0 saturated heterocycles. The highest BCUT2D eigenvalue weighted by atomic mass is 16.5. The van der Waals surface area contributed by atoms with Crippen LogP contribution in [0, 0.1) is 0 Å². The largest absolute Gasteiger partial charge is 0.550 e. The van der Waals surface area contributed by atoms with Crippen molar-refractivity contribution < 1.29 is 23.8 Å². The summed E-state index contributed by atoms with van der Waals surface area (Å²) in [5.74, 6) is -1.26. The second kappa shape index (κ2) is 6.96. The molecule has 1 aromatic heterocycles. The molecule has 7 nitrogen and oxygen atoms in total. The highest BCUT2D eigenvalue weighted by Crippen LogP contribution is 2.29.